The van der Waals surface area contributed by atoms with E-state index >= 15 is 0 Å². The van der Waals surface area contributed by atoms with E-state index in [9.17, 15) is 0 Å². The molecule has 0 aromatic heterocycles. The van der Waals surface area contributed by atoms with Crippen LogP contribution in [0.15, 0.2) is 0 Å². The van der Waals surface area contributed by atoms with E-state index < -0.39 is 9.07 Å². The van der Waals surface area contributed by atoms with Crippen LogP contribution in [0, 0.1) is 0 Å². The molecule has 0 bridgehead atoms. The van der Waals surface area contributed by atoms with Gasteiger partial charge in [0, 0.05) is 6.10 Å². The molecule has 0 aliphatic carbocycles. The summed E-state index contributed by atoms with van der Waals surface area (Å²) >= 11 is 5.53. The summed E-state index contributed by atoms with van der Waals surface area (Å²) in [5, 5.41) is 0. The maximum Gasteiger partial charge on any atom is 0.258 e. The fourth-order valence-corrected chi connectivity index (χ4v) is 1.93. The molecule has 0 heterocycles. The second kappa shape index (κ2) is 6.58. The van der Waals surface area contributed by atoms with Gasteiger partial charge in [-0.15, -0.1) is 11.1 Å². The average Bonchev–Trinajstić information content (AvgIpc) is 1.88. The van der Waals surface area contributed by atoms with Crippen molar-refractivity contribution < 1.29 is 4.43 Å². The van der Waals surface area contributed by atoms with Crippen LogP contribution in [0.1, 0.15) is 33.1 Å². The Labute approximate surface area is 64.4 Å². The molecule has 0 spiro atoms. The zero-order valence-electron chi connectivity index (χ0n) is 6.19. The molecule has 1 atom stereocenters. The minimum atomic E-state index is -0.693. The summed E-state index contributed by atoms with van der Waals surface area (Å²) in [6.07, 6.45) is 3.91. The Morgan fingerprint density at radius 2 is 2.22 bits per heavy atom. The molecule has 0 saturated heterocycles. The van der Waals surface area contributed by atoms with Crippen molar-refractivity contribution in [3.63, 3.8) is 0 Å². The van der Waals surface area contributed by atoms with Gasteiger partial charge in [0.25, 0.3) is 9.07 Å². The summed E-state index contributed by atoms with van der Waals surface area (Å²) in [5.41, 5.74) is 0. The van der Waals surface area contributed by atoms with Crippen molar-refractivity contribution in [2.45, 2.75) is 39.2 Å². The molecule has 0 radical (unpaired) electrons. The first-order valence-electron chi connectivity index (χ1n) is 3.52. The van der Waals surface area contributed by atoms with Crippen LogP contribution in [0.25, 0.3) is 0 Å². The standard InChI is InChI=1S/C6H15ClOSi/c1-3-5-6(4-2)8-9-7/h6H,3-5,9H2,1-2H3. The zero-order chi connectivity index (χ0) is 7.11. The van der Waals surface area contributed by atoms with Crippen LogP contribution >= 0.6 is 11.1 Å². The van der Waals surface area contributed by atoms with Crippen molar-refractivity contribution in [1.82, 2.24) is 0 Å². The first kappa shape index (κ1) is 9.47. The Balaban J connectivity index is 3.18. The highest BCUT2D eigenvalue weighted by molar-refractivity contribution is 6.89. The third-order valence-corrected chi connectivity index (χ3v) is 2.34. The van der Waals surface area contributed by atoms with Crippen LogP contribution in [0.2, 0.25) is 0 Å². The molecule has 0 amide bonds. The first-order chi connectivity index (χ1) is 4.35. The molecule has 0 aromatic carbocycles. The van der Waals surface area contributed by atoms with E-state index in [1.54, 1.807) is 0 Å². The van der Waals surface area contributed by atoms with Crippen molar-refractivity contribution in [2.24, 2.45) is 0 Å². The third kappa shape index (κ3) is 4.94. The van der Waals surface area contributed by atoms with E-state index in [0.717, 1.165) is 12.8 Å². The second-order valence-electron chi connectivity index (χ2n) is 2.09. The lowest BCUT2D eigenvalue weighted by Crippen LogP contribution is -2.11. The van der Waals surface area contributed by atoms with Gasteiger partial charge in [-0.1, -0.05) is 20.3 Å². The van der Waals surface area contributed by atoms with Crippen molar-refractivity contribution in [3.05, 3.63) is 0 Å². The highest BCUT2D eigenvalue weighted by Crippen LogP contribution is 2.05. The van der Waals surface area contributed by atoms with Crippen LogP contribution in [-0.4, -0.2) is 15.2 Å². The van der Waals surface area contributed by atoms with Crippen molar-refractivity contribution in [2.75, 3.05) is 0 Å². The van der Waals surface area contributed by atoms with Crippen molar-refractivity contribution in [3.8, 4) is 0 Å². The SMILES string of the molecule is CCCC(CC)O[SiH2]Cl. The van der Waals surface area contributed by atoms with Crippen LogP contribution in [-0.2, 0) is 4.43 Å². The van der Waals surface area contributed by atoms with Gasteiger partial charge < -0.3 is 4.43 Å². The van der Waals surface area contributed by atoms with Gasteiger partial charge in [-0.25, -0.2) is 0 Å². The second-order valence-corrected chi connectivity index (χ2v) is 3.30. The van der Waals surface area contributed by atoms with Crippen LogP contribution in [0.3, 0.4) is 0 Å². The predicted octanol–water partition coefficient (Wildman–Crippen LogP) is 1.82. The molecule has 0 aliphatic rings. The van der Waals surface area contributed by atoms with E-state index in [2.05, 4.69) is 13.8 Å². The van der Waals surface area contributed by atoms with E-state index in [1.807, 2.05) is 0 Å². The predicted molar refractivity (Wildman–Crippen MR) is 44.5 cm³/mol. The highest BCUT2D eigenvalue weighted by atomic mass is 35.6. The molecule has 1 nitrogen and oxygen atoms in total. The van der Waals surface area contributed by atoms with Crippen LogP contribution in [0.5, 0.6) is 0 Å². The van der Waals surface area contributed by atoms with Gasteiger partial charge in [-0.05, 0) is 12.8 Å². The normalized spacial score (nSPS) is 15.0. The molecule has 9 heavy (non-hydrogen) atoms. The Morgan fingerprint density at radius 3 is 2.56 bits per heavy atom. The average molecular weight is 167 g/mol. The molecule has 0 N–H and O–H groups in total. The summed E-state index contributed by atoms with van der Waals surface area (Å²) in [7, 11) is -0.693. The lowest BCUT2D eigenvalue weighted by Gasteiger charge is -2.12. The number of hydrogen-bond acceptors (Lipinski definition) is 1. The van der Waals surface area contributed by atoms with E-state index in [1.165, 1.54) is 6.42 Å². The van der Waals surface area contributed by atoms with Crippen molar-refractivity contribution in [1.29, 1.82) is 0 Å². The molecule has 3 heteroatoms. The first-order valence-corrected chi connectivity index (χ1v) is 6.24. The maximum atomic E-state index is 5.53. The van der Waals surface area contributed by atoms with Gasteiger partial charge in [0.15, 0.2) is 0 Å². The molecule has 0 rings (SSSR count). The number of hydrogen-bond donors (Lipinski definition) is 0. The maximum absolute atomic E-state index is 5.53. The Morgan fingerprint density at radius 1 is 1.56 bits per heavy atom. The summed E-state index contributed by atoms with van der Waals surface area (Å²) in [6.45, 7) is 4.31. The molecule has 0 aliphatic heterocycles. The van der Waals surface area contributed by atoms with E-state index in [-0.39, 0.29) is 0 Å². The fraction of sp³-hybridized carbons (Fsp3) is 1.00. The van der Waals surface area contributed by atoms with Crippen LogP contribution < -0.4 is 0 Å². The van der Waals surface area contributed by atoms with Gasteiger partial charge in [-0.2, -0.15) is 0 Å². The molecule has 0 saturated carbocycles. The monoisotopic (exact) mass is 166 g/mol. The summed E-state index contributed by atoms with van der Waals surface area (Å²) in [5.74, 6) is 0. The lowest BCUT2D eigenvalue weighted by atomic mass is 10.2. The van der Waals surface area contributed by atoms with Gasteiger partial charge in [0.05, 0.1) is 0 Å². The van der Waals surface area contributed by atoms with Crippen molar-refractivity contribution >= 4 is 20.2 Å². The minimum Gasteiger partial charge on any atom is -0.405 e. The van der Waals surface area contributed by atoms with E-state index in [4.69, 9.17) is 15.5 Å². The summed E-state index contributed by atoms with van der Waals surface area (Å²) in [6, 6.07) is 0. The third-order valence-electron chi connectivity index (χ3n) is 1.36. The molecule has 0 fully saturated rings. The summed E-state index contributed by atoms with van der Waals surface area (Å²) in [4.78, 5) is 0. The van der Waals surface area contributed by atoms with Gasteiger partial charge in [0.2, 0.25) is 0 Å². The zero-order valence-corrected chi connectivity index (χ0v) is 8.36. The minimum absolute atomic E-state index is 0.444. The highest BCUT2D eigenvalue weighted by Gasteiger charge is 2.01. The van der Waals surface area contributed by atoms with Gasteiger partial charge in [0.1, 0.15) is 0 Å². The van der Waals surface area contributed by atoms with Gasteiger partial charge in [-0.3, -0.25) is 0 Å². The molecular formula is C6H15ClOSi. The molecular weight excluding hydrogens is 152 g/mol. The molecule has 56 valence electrons. The smallest absolute Gasteiger partial charge is 0.258 e. The van der Waals surface area contributed by atoms with E-state index in [0.29, 0.717) is 6.10 Å². The largest absolute Gasteiger partial charge is 0.405 e. The van der Waals surface area contributed by atoms with Gasteiger partial charge >= 0.3 is 0 Å². The Hall–Kier alpha value is 0.467. The molecule has 0 aromatic rings. The lowest BCUT2D eigenvalue weighted by molar-refractivity contribution is 0.201. The fourth-order valence-electron chi connectivity index (χ4n) is 0.816. The Bertz CT molecular complexity index is 55.0. The number of rotatable bonds is 5. The molecule has 1 unspecified atom stereocenters. The topological polar surface area (TPSA) is 9.23 Å². The Kier molecular flexibility index (Phi) is 6.93. The van der Waals surface area contributed by atoms with Crippen LogP contribution in [0.4, 0.5) is 0 Å². The number of halogens is 1. The quantitative estimate of drug-likeness (QED) is 0.447. The summed E-state index contributed by atoms with van der Waals surface area (Å²) < 4.78 is 5.34.